The van der Waals surface area contributed by atoms with Crippen LogP contribution in [0.4, 0.5) is 11.6 Å². The fourth-order valence-corrected chi connectivity index (χ4v) is 4.86. The van der Waals surface area contributed by atoms with E-state index in [-0.39, 0.29) is 0 Å². The highest BCUT2D eigenvalue weighted by molar-refractivity contribution is 5.63. The maximum absolute atomic E-state index is 5.92. The Labute approximate surface area is 222 Å². The molecule has 3 aromatic heterocycles. The van der Waals surface area contributed by atoms with Crippen molar-refractivity contribution in [1.82, 2.24) is 29.3 Å². The second-order valence-corrected chi connectivity index (χ2v) is 9.89. The lowest BCUT2D eigenvalue weighted by Crippen LogP contribution is -2.25. The molecule has 6 rings (SSSR count). The Bertz CT molecular complexity index is 1480. The highest BCUT2D eigenvalue weighted by Gasteiger charge is 2.12. The van der Waals surface area contributed by atoms with E-state index >= 15 is 0 Å². The third-order valence-electron chi connectivity index (χ3n) is 7.02. The van der Waals surface area contributed by atoms with Gasteiger partial charge in [0.05, 0.1) is 11.9 Å². The Balaban J connectivity index is 1.10. The zero-order chi connectivity index (χ0) is 25.7. The molecule has 0 unspecified atom stereocenters. The summed E-state index contributed by atoms with van der Waals surface area (Å²) >= 11 is 0. The van der Waals surface area contributed by atoms with Gasteiger partial charge >= 0.3 is 0 Å². The molecule has 0 aliphatic carbocycles. The van der Waals surface area contributed by atoms with Crippen LogP contribution < -0.4 is 10.1 Å². The average Bonchev–Trinajstić information content (AvgIpc) is 3.70. The average molecular weight is 508 g/mol. The number of benzene rings is 2. The van der Waals surface area contributed by atoms with Crippen molar-refractivity contribution in [2.45, 2.75) is 32.7 Å². The van der Waals surface area contributed by atoms with Gasteiger partial charge in [-0.15, -0.1) is 5.10 Å². The van der Waals surface area contributed by atoms with E-state index in [0.717, 1.165) is 47.9 Å². The Morgan fingerprint density at radius 3 is 2.55 bits per heavy atom. The number of aryl methyl sites for hydroxylation is 3. The molecule has 5 aromatic rings. The molecular formula is C30H33N7O. The number of rotatable bonds is 10. The fraction of sp³-hybridized carbons (Fsp3) is 0.300. The van der Waals surface area contributed by atoms with Crippen LogP contribution in [0.1, 0.15) is 24.0 Å². The summed E-state index contributed by atoms with van der Waals surface area (Å²) in [6.07, 6.45) is 7.50. The van der Waals surface area contributed by atoms with E-state index in [0.29, 0.717) is 12.6 Å². The van der Waals surface area contributed by atoms with Gasteiger partial charge in [0.1, 0.15) is 12.4 Å². The second kappa shape index (κ2) is 11.1. The molecule has 4 heterocycles. The molecule has 2 aromatic carbocycles. The number of hydrogen-bond donors (Lipinski definition) is 1. The van der Waals surface area contributed by atoms with Crippen LogP contribution in [0.25, 0.3) is 16.9 Å². The lowest BCUT2D eigenvalue weighted by atomic mass is 10.1. The zero-order valence-electron chi connectivity index (χ0n) is 21.8. The maximum Gasteiger partial charge on any atom is 0.247 e. The number of pyridine rings is 1. The van der Waals surface area contributed by atoms with Crippen molar-refractivity contribution in [2.75, 3.05) is 31.6 Å². The van der Waals surface area contributed by atoms with Gasteiger partial charge in [0.25, 0.3) is 0 Å². The first-order valence-corrected chi connectivity index (χ1v) is 13.4. The Morgan fingerprint density at radius 1 is 0.921 bits per heavy atom. The molecule has 0 saturated carbocycles. The van der Waals surface area contributed by atoms with Crippen molar-refractivity contribution in [1.29, 1.82) is 0 Å². The summed E-state index contributed by atoms with van der Waals surface area (Å²) in [5, 5.41) is 12.6. The van der Waals surface area contributed by atoms with Gasteiger partial charge in [0.2, 0.25) is 5.95 Å². The molecule has 0 atom stereocenters. The van der Waals surface area contributed by atoms with Gasteiger partial charge in [0.15, 0.2) is 5.65 Å². The number of nitrogens with zero attached hydrogens (tertiary/aromatic N) is 6. The van der Waals surface area contributed by atoms with Gasteiger partial charge in [-0.1, -0.05) is 35.9 Å². The van der Waals surface area contributed by atoms with Gasteiger partial charge in [-0.2, -0.15) is 10.1 Å². The SMILES string of the molecule is Cc1ccc(CCn2cc(-c3cccc4nc(Nc5ccc(OCCN6CCCC6)cc5)nn34)cn2)cc1. The molecule has 1 aliphatic heterocycles. The quantitative estimate of drug-likeness (QED) is 0.274. The van der Waals surface area contributed by atoms with Crippen LogP contribution >= 0.6 is 0 Å². The third kappa shape index (κ3) is 5.70. The predicted molar refractivity (Wildman–Crippen MR) is 150 cm³/mol. The topological polar surface area (TPSA) is 72.5 Å². The first kappa shape index (κ1) is 24.2. The summed E-state index contributed by atoms with van der Waals surface area (Å²) in [6.45, 7) is 7.01. The molecule has 38 heavy (non-hydrogen) atoms. The van der Waals surface area contributed by atoms with E-state index in [2.05, 4.69) is 57.7 Å². The minimum absolute atomic E-state index is 0.548. The Hall–Kier alpha value is -4.17. The van der Waals surface area contributed by atoms with E-state index in [4.69, 9.17) is 9.84 Å². The van der Waals surface area contributed by atoms with Crippen molar-refractivity contribution in [3.8, 4) is 17.0 Å². The summed E-state index contributed by atoms with van der Waals surface area (Å²) in [5.41, 5.74) is 6.23. The first-order chi connectivity index (χ1) is 18.7. The molecule has 1 aliphatic rings. The highest BCUT2D eigenvalue weighted by atomic mass is 16.5. The first-order valence-electron chi connectivity index (χ1n) is 13.4. The van der Waals surface area contributed by atoms with Crippen molar-refractivity contribution >= 4 is 17.3 Å². The summed E-state index contributed by atoms with van der Waals surface area (Å²) < 4.78 is 9.77. The monoisotopic (exact) mass is 507 g/mol. The van der Waals surface area contributed by atoms with Crippen LogP contribution in [0.15, 0.2) is 79.1 Å². The maximum atomic E-state index is 5.92. The smallest absolute Gasteiger partial charge is 0.247 e. The lowest BCUT2D eigenvalue weighted by Gasteiger charge is -2.15. The Morgan fingerprint density at radius 2 is 1.74 bits per heavy atom. The summed E-state index contributed by atoms with van der Waals surface area (Å²) in [7, 11) is 0. The van der Waals surface area contributed by atoms with E-state index in [1.807, 2.05) is 57.9 Å². The fourth-order valence-electron chi connectivity index (χ4n) is 4.86. The van der Waals surface area contributed by atoms with E-state index in [9.17, 15) is 0 Å². The highest BCUT2D eigenvalue weighted by Crippen LogP contribution is 2.23. The van der Waals surface area contributed by atoms with Crippen LogP contribution in [0, 0.1) is 6.92 Å². The molecule has 8 heteroatoms. The lowest BCUT2D eigenvalue weighted by molar-refractivity contribution is 0.238. The number of hydrogen-bond acceptors (Lipinski definition) is 6. The van der Waals surface area contributed by atoms with E-state index in [1.54, 1.807) is 0 Å². The number of fused-ring (bicyclic) bond motifs is 1. The van der Waals surface area contributed by atoms with Gasteiger partial charge in [-0.25, -0.2) is 4.52 Å². The van der Waals surface area contributed by atoms with Crippen LogP contribution in [-0.4, -0.2) is 55.5 Å². The molecule has 1 fully saturated rings. The van der Waals surface area contributed by atoms with Crippen LogP contribution in [0.2, 0.25) is 0 Å². The normalized spacial score (nSPS) is 13.8. The van der Waals surface area contributed by atoms with Gasteiger partial charge in [-0.05, 0) is 81.2 Å². The van der Waals surface area contributed by atoms with Crippen molar-refractivity contribution in [2.24, 2.45) is 0 Å². The third-order valence-corrected chi connectivity index (χ3v) is 7.02. The van der Waals surface area contributed by atoms with E-state index < -0.39 is 0 Å². The summed E-state index contributed by atoms with van der Waals surface area (Å²) in [4.78, 5) is 7.13. The van der Waals surface area contributed by atoms with Gasteiger partial charge in [0, 0.05) is 30.5 Å². The molecule has 194 valence electrons. The molecular weight excluding hydrogens is 474 g/mol. The predicted octanol–water partition coefficient (Wildman–Crippen LogP) is 5.36. The largest absolute Gasteiger partial charge is 0.492 e. The molecule has 8 nitrogen and oxygen atoms in total. The zero-order valence-corrected chi connectivity index (χ0v) is 21.8. The number of likely N-dealkylation sites (tertiary alicyclic amines) is 1. The molecule has 1 N–H and O–H groups in total. The number of nitrogens with one attached hydrogen (secondary N) is 1. The van der Waals surface area contributed by atoms with Gasteiger partial charge in [-0.3, -0.25) is 9.58 Å². The number of anilines is 2. The minimum atomic E-state index is 0.548. The summed E-state index contributed by atoms with van der Waals surface area (Å²) in [5.74, 6) is 1.42. The van der Waals surface area contributed by atoms with Crippen molar-refractivity contribution < 1.29 is 4.74 Å². The molecule has 1 saturated heterocycles. The minimum Gasteiger partial charge on any atom is -0.492 e. The molecule has 0 amide bonds. The van der Waals surface area contributed by atoms with Gasteiger partial charge < -0.3 is 10.1 Å². The van der Waals surface area contributed by atoms with Crippen molar-refractivity contribution in [3.63, 3.8) is 0 Å². The van der Waals surface area contributed by atoms with Crippen LogP contribution in [0.3, 0.4) is 0 Å². The summed E-state index contributed by atoms with van der Waals surface area (Å²) in [6, 6.07) is 22.6. The molecule has 0 spiro atoms. The second-order valence-electron chi connectivity index (χ2n) is 9.89. The molecule has 0 radical (unpaired) electrons. The van der Waals surface area contributed by atoms with Crippen LogP contribution in [-0.2, 0) is 13.0 Å². The molecule has 0 bridgehead atoms. The van der Waals surface area contributed by atoms with E-state index in [1.165, 1.54) is 37.1 Å². The van der Waals surface area contributed by atoms with Crippen LogP contribution in [0.5, 0.6) is 5.75 Å². The standard InChI is InChI=1S/C30H33N7O/c1-23-7-9-24(10-8-23)15-18-36-22-25(21-31-36)28-5-4-6-29-33-30(34-37(28)29)32-26-11-13-27(14-12-26)38-20-19-35-16-2-3-17-35/h4-14,21-22H,2-3,15-20H2,1H3,(H,32,34). The van der Waals surface area contributed by atoms with Crippen molar-refractivity contribution in [3.05, 3.63) is 90.3 Å². The Kier molecular flexibility index (Phi) is 7.04. The number of ether oxygens (including phenoxy) is 1. The number of aromatic nitrogens is 5.